The highest BCUT2D eigenvalue weighted by atomic mass is 35.5. The van der Waals surface area contributed by atoms with E-state index in [4.69, 9.17) is 16.3 Å². The van der Waals surface area contributed by atoms with Gasteiger partial charge in [-0.2, -0.15) is 4.39 Å². The van der Waals surface area contributed by atoms with Crippen molar-refractivity contribution in [1.82, 2.24) is 24.6 Å². The van der Waals surface area contributed by atoms with Crippen molar-refractivity contribution in [1.29, 1.82) is 0 Å². The van der Waals surface area contributed by atoms with Gasteiger partial charge in [-0.15, -0.1) is 10.2 Å². The zero-order chi connectivity index (χ0) is 23.7. The van der Waals surface area contributed by atoms with Crippen LogP contribution in [0.1, 0.15) is 23.4 Å². The molecule has 4 aliphatic rings. The Balaban J connectivity index is 1.13. The third-order valence-corrected chi connectivity index (χ3v) is 8.10. The Morgan fingerprint density at radius 2 is 1.89 bits per heavy atom. The van der Waals surface area contributed by atoms with Gasteiger partial charge >= 0.3 is 0 Å². The molecule has 3 aromatic rings. The maximum Gasteiger partial charge on any atom is 0.231 e. The van der Waals surface area contributed by atoms with Gasteiger partial charge in [-0.3, -0.25) is 9.47 Å². The van der Waals surface area contributed by atoms with Gasteiger partial charge in [0.2, 0.25) is 11.9 Å². The van der Waals surface area contributed by atoms with Crippen LogP contribution in [-0.4, -0.2) is 70.1 Å². The Morgan fingerprint density at radius 1 is 1.06 bits per heavy atom. The smallest absolute Gasteiger partial charge is 0.231 e. The second-order valence-electron chi connectivity index (χ2n) is 10.4. The summed E-state index contributed by atoms with van der Waals surface area (Å²) >= 11 is 6.40. The summed E-state index contributed by atoms with van der Waals surface area (Å²) in [4.78, 5) is 11.0. The van der Waals surface area contributed by atoms with Crippen LogP contribution < -0.4 is 9.80 Å². The standard InChI is InChI=1S/C25H27ClFN7O/c1-16-2-5-21(28-23(16)27)32-12-25(13-32)14-33(15-25)24-30-29-22-10-31(19-6-7-35-11-19)9-17-8-18(26)3-4-20(17)34(22)24/h2-5,8,19H,6-7,9-15H2,1H3/t19-/m0/s1. The molecule has 0 aliphatic carbocycles. The topological polar surface area (TPSA) is 62.6 Å². The lowest BCUT2D eigenvalue weighted by Gasteiger charge is -2.60. The third-order valence-electron chi connectivity index (χ3n) is 7.87. The van der Waals surface area contributed by atoms with Gasteiger partial charge in [0.25, 0.3) is 0 Å². The van der Waals surface area contributed by atoms with Crippen molar-refractivity contribution in [2.24, 2.45) is 5.41 Å². The van der Waals surface area contributed by atoms with Gasteiger partial charge in [0.05, 0.1) is 18.8 Å². The molecule has 0 N–H and O–H groups in total. The molecule has 1 atom stereocenters. The number of hydrogen-bond donors (Lipinski definition) is 0. The highest BCUT2D eigenvalue weighted by Gasteiger charge is 2.53. The van der Waals surface area contributed by atoms with E-state index in [-0.39, 0.29) is 11.4 Å². The monoisotopic (exact) mass is 495 g/mol. The predicted molar refractivity (Wildman–Crippen MR) is 131 cm³/mol. The SMILES string of the molecule is Cc1ccc(N2CC3(C2)CN(c2nnc4n2-c2ccc(Cl)cc2CN([C@H]2CCOC2)C4)C3)nc1F. The van der Waals surface area contributed by atoms with E-state index in [1.54, 1.807) is 13.0 Å². The molecule has 3 fully saturated rings. The van der Waals surface area contributed by atoms with Crippen molar-refractivity contribution in [3.8, 4) is 5.69 Å². The second-order valence-corrected chi connectivity index (χ2v) is 10.9. The molecule has 2 aromatic heterocycles. The molecule has 3 saturated heterocycles. The van der Waals surface area contributed by atoms with Crippen LogP contribution in [0.5, 0.6) is 0 Å². The highest BCUT2D eigenvalue weighted by molar-refractivity contribution is 6.30. The van der Waals surface area contributed by atoms with Crippen LogP contribution in [0.4, 0.5) is 16.2 Å². The van der Waals surface area contributed by atoms with Gasteiger partial charge in [-0.1, -0.05) is 17.7 Å². The van der Waals surface area contributed by atoms with Crippen LogP contribution in [0.25, 0.3) is 5.69 Å². The Kier molecular flexibility index (Phi) is 4.84. The first-order valence-corrected chi connectivity index (χ1v) is 12.5. The van der Waals surface area contributed by atoms with Crippen molar-refractivity contribution < 1.29 is 9.13 Å². The number of aromatic nitrogens is 4. The minimum absolute atomic E-state index is 0.191. The minimum atomic E-state index is -0.387. The maximum absolute atomic E-state index is 13.9. The van der Waals surface area contributed by atoms with Gasteiger partial charge in [-0.05, 0) is 43.2 Å². The molecule has 0 amide bonds. The largest absolute Gasteiger partial charge is 0.380 e. The molecule has 4 aliphatic heterocycles. The highest BCUT2D eigenvalue weighted by Crippen LogP contribution is 2.44. The molecule has 0 radical (unpaired) electrons. The van der Waals surface area contributed by atoms with Crippen molar-refractivity contribution >= 4 is 23.4 Å². The van der Waals surface area contributed by atoms with Crippen LogP contribution in [0.2, 0.25) is 5.02 Å². The number of pyridine rings is 1. The summed E-state index contributed by atoms with van der Waals surface area (Å²) in [5.74, 6) is 2.16. The normalized spacial score (nSPS) is 23.0. The summed E-state index contributed by atoms with van der Waals surface area (Å²) in [6.45, 7) is 8.39. The van der Waals surface area contributed by atoms with Gasteiger partial charge in [0.1, 0.15) is 5.82 Å². The number of anilines is 2. The molecule has 6 heterocycles. The summed E-state index contributed by atoms with van der Waals surface area (Å²) in [6.07, 6.45) is 1.03. The first-order chi connectivity index (χ1) is 17.0. The number of halogens is 2. The van der Waals surface area contributed by atoms with Gasteiger partial charge in [0, 0.05) is 61.4 Å². The molecular weight excluding hydrogens is 469 g/mol. The van der Waals surface area contributed by atoms with Crippen LogP contribution in [-0.2, 0) is 17.8 Å². The zero-order valence-corrected chi connectivity index (χ0v) is 20.4. The number of fused-ring (bicyclic) bond motifs is 3. The summed E-state index contributed by atoms with van der Waals surface area (Å²) in [6, 6.07) is 10.2. The van der Waals surface area contributed by atoms with Crippen LogP contribution in [0, 0.1) is 18.3 Å². The lowest BCUT2D eigenvalue weighted by Crippen LogP contribution is -2.73. The quantitative estimate of drug-likeness (QED) is 0.517. The first-order valence-electron chi connectivity index (χ1n) is 12.2. The van der Waals surface area contributed by atoms with Crippen molar-refractivity contribution in [2.75, 3.05) is 49.2 Å². The van der Waals surface area contributed by atoms with E-state index in [1.807, 2.05) is 12.1 Å². The molecule has 35 heavy (non-hydrogen) atoms. The molecule has 10 heteroatoms. The maximum atomic E-state index is 13.9. The molecule has 0 unspecified atom stereocenters. The number of nitrogens with zero attached hydrogens (tertiary/aromatic N) is 7. The Morgan fingerprint density at radius 3 is 2.66 bits per heavy atom. The lowest BCUT2D eigenvalue weighted by molar-refractivity contribution is 0.133. The second kappa shape index (κ2) is 7.88. The third kappa shape index (κ3) is 3.51. The van der Waals surface area contributed by atoms with Crippen LogP contribution in [0.3, 0.4) is 0 Å². The minimum Gasteiger partial charge on any atom is -0.380 e. The summed E-state index contributed by atoms with van der Waals surface area (Å²) < 4.78 is 21.8. The van der Waals surface area contributed by atoms with Gasteiger partial charge in [-0.25, -0.2) is 4.98 Å². The van der Waals surface area contributed by atoms with E-state index in [0.717, 1.165) is 87.2 Å². The van der Waals surface area contributed by atoms with Crippen molar-refractivity contribution in [2.45, 2.75) is 32.5 Å². The zero-order valence-electron chi connectivity index (χ0n) is 19.6. The number of rotatable bonds is 3. The number of aryl methyl sites for hydroxylation is 1. The van der Waals surface area contributed by atoms with Crippen LogP contribution >= 0.6 is 11.6 Å². The lowest BCUT2D eigenvalue weighted by atomic mass is 9.73. The number of ether oxygens (including phenoxy) is 1. The fourth-order valence-corrected chi connectivity index (χ4v) is 6.18. The van der Waals surface area contributed by atoms with E-state index in [2.05, 4.69) is 46.6 Å². The molecule has 1 spiro atoms. The molecule has 7 rings (SSSR count). The molecule has 1 aromatic carbocycles. The number of benzene rings is 1. The molecule has 0 saturated carbocycles. The van der Waals surface area contributed by atoms with E-state index >= 15 is 0 Å². The fourth-order valence-electron chi connectivity index (χ4n) is 5.99. The van der Waals surface area contributed by atoms with Crippen molar-refractivity contribution in [3.63, 3.8) is 0 Å². The Labute approximate surface area is 208 Å². The average molecular weight is 496 g/mol. The van der Waals surface area contributed by atoms with E-state index in [1.165, 1.54) is 5.56 Å². The fraction of sp³-hybridized carbons (Fsp3) is 0.480. The first kappa shape index (κ1) is 21.5. The van der Waals surface area contributed by atoms with E-state index in [9.17, 15) is 4.39 Å². The van der Waals surface area contributed by atoms with E-state index < -0.39 is 0 Å². The number of hydrogen-bond acceptors (Lipinski definition) is 7. The van der Waals surface area contributed by atoms with Crippen molar-refractivity contribution in [3.05, 3.63) is 58.3 Å². The summed E-state index contributed by atoms with van der Waals surface area (Å²) in [7, 11) is 0. The molecule has 8 nitrogen and oxygen atoms in total. The molecule has 0 bridgehead atoms. The molecular formula is C25H27ClFN7O. The van der Waals surface area contributed by atoms with Gasteiger partial charge in [0.15, 0.2) is 5.82 Å². The molecule has 182 valence electrons. The van der Waals surface area contributed by atoms with E-state index in [0.29, 0.717) is 11.6 Å². The van der Waals surface area contributed by atoms with Gasteiger partial charge < -0.3 is 14.5 Å². The summed E-state index contributed by atoms with van der Waals surface area (Å²) in [5.41, 5.74) is 3.05. The Bertz CT molecular complexity index is 1290. The predicted octanol–water partition coefficient (Wildman–Crippen LogP) is 3.19. The summed E-state index contributed by atoms with van der Waals surface area (Å²) in [5, 5.41) is 10.0. The Hall–Kier alpha value is -2.75. The average Bonchev–Trinajstić information content (AvgIpc) is 3.42. The van der Waals surface area contributed by atoms with Crippen LogP contribution in [0.15, 0.2) is 30.3 Å².